The van der Waals surface area contributed by atoms with Crippen molar-refractivity contribution >= 4 is 46.9 Å². The van der Waals surface area contributed by atoms with E-state index in [2.05, 4.69) is 5.32 Å². The van der Waals surface area contributed by atoms with Crippen LogP contribution in [0, 0.1) is 0 Å². The van der Waals surface area contributed by atoms with Crippen LogP contribution in [0.4, 0.5) is 10.5 Å². The third-order valence-electron chi connectivity index (χ3n) is 5.15. The van der Waals surface area contributed by atoms with Crippen LogP contribution in [0.5, 0.6) is 11.5 Å². The second-order valence-electron chi connectivity index (χ2n) is 7.40. The highest BCUT2D eigenvalue weighted by atomic mass is 35.5. The van der Waals surface area contributed by atoms with Gasteiger partial charge in [0.25, 0.3) is 0 Å². The normalized spacial score (nSPS) is 14.2. The Morgan fingerprint density at radius 3 is 2.45 bits per heavy atom. The third kappa shape index (κ3) is 6.79. The second kappa shape index (κ2) is 11.8. The minimum Gasteiger partial charge on any atom is -0.493 e. The van der Waals surface area contributed by atoms with E-state index < -0.39 is 0 Å². The molecule has 176 valence electrons. The van der Waals surface area contributed by atoms with E-state index in [0.717, 1.165) is 5.56 Å². The molecule has 0 unspecified atom stereocenters. The van der Waals surface area contributed by atoms with Gasteiger partial charge in [-0.25, -0.2) is 4.79 Å². The minimum atomic E-state index is -0.196. The number of methoxy groups -OCH3 is 1. The first kappa shape index (κ1) is 24.7. The van der Waals surface area contributed by atoms with Gasteiger partial charge in [0.2, 0.25) is 5.91 Å². The van der Waals surface area contributed by atoms with E-state index in [1.54, 1.807) is 59.4 Å². The molecule has 0 aliphatic carbocycles. The molecule has 7 nitrogen and oxygen atoms in total. The molecule has 1 aliphatic rings. The van der Waals surface area contributed by atoms with Crippen molar-refractivity contribution in [2.45, 2.75) is 13.3 Å². The molecule has 0 atom stereocenters. The molecule has 9 heteroatoms. The molecule has 1 fully saturated rings. The second-order valence-corrected chi connectivity index (χ2v) is 8.25. The SMILES string of the molecule is CCOc1c(Cl)cc(/C=C/C(=O)N2CCCN(C(=O)Nc3ccc(Cl)cc3)CC2)cc1OC. The number of carbonyl (C=O) groups is 2. The van der Waals surface area contributed by atoms with Gasteiger partial charge in [-0.2, -0.15) is 0 Å². The van der Waals surface area contributed by atoms with Crippen molar-refractivity contribution in [3.8, 4) is 11.5 Å². The van der Waals surface area contributed by atoms with Crippen LogP contribution in [0.15, 0.2) is 42.5 Å². The highest BCUT2D eigenvalue weighted by Crippen LogP contribution is 2.36. The average Bonchev–Trinajstić information content (AvgIpc) is 3.07. The van der Waals surface area contributed by atoms with Crippen molar-refractivity contribution in [2.75, 3.05) is 45.2 Å². The van der Waals surface area contributed by atoms with Crippen LogP contribution in [0.2, 0.25) is 10.0 Å². The largest absolute Gasteiger partial charge is 0.493 e. The van der Waals surface area contributed by atoms with E-state index in [0.29, 0.717) is 66.4 Å². The number of hydrogen-bond acceptors (Lipinski definition) is 4. The predicted octanol–water partition coefficient (Wildman–Crippen LogP) is 5.18. The number of carbonyl (C=O) groups excluding carboxylic acids is 2. The van der Waals surface area contributed by atoms with Gasteiger partial charge in [0.15, 0.2) is 11.5 Å². The fraction of sp³-hybridized carbons (Fsp3) is 0.333. The van der Waals surface area contributed by atoms with Gasteiger partial charge in [-0.05, 0) is 61.4 Å². The van der Waals surface area contributed by atoms with Crippen molar-refractivity contribution in [2.24, 2.45) is 0 Å². The number of amides is 3. The van der Waals surface area contributed by atoms with Crippen LogP contribution < -0.4 is 14.8 Å². The van der Waals surface area contributed by atoms with Gasteiger partial charge >= 0.3 is 6.03 Å². The van der Waals surface area contributed by atoms with Gasteiger partial charge in [0.05, 0.1) is 18.7 Å². The first-order chi connectivity index (χ1) is 15.9. The molecule has 0 bridgehead atoms. The number of halogens is 2. The minimum absolute atomic E-state index is 0.126. The topological polar surface area (TPSA) is 71.1 Å². The number of nitrogens with zero attached hydrogens (tertiary/aromatic N) is 2. The Labute approximate surface area is 203 Å². The van der Waals surface area contributed by atoms with E-state index in [-0.39, 0.29) is 11.9 Å². The Balaban J connectivity index is 1.59. The Bertz CT molecular complexity index is 1010. The summed E-state index contributed by atoms with van der Waals surface area (Å²) in [6.07, 6.45) is 3.90. The molecular weight excluding hydrogens is 465 g/mol. The summed E-state index contributed by atoms with van der Waals surface area (Å²) in [7, 11) is 1.54. The Kier molecular flexibility index (Phi) is 8.86. The molecular formula is C24H27Cl2N3O4. The van der Waals surface area contributed by atoms with Crippen LogP contribution in [0.3, 0.4) is 0 Å². The van der Waals surface area contributed by atoms with Crippen LogP contribution in [-0.2, 0) is 4.79 Å². The zero-order valence-corrected chi connectivity index (χ0v) is 20.2. The van der Waals surface area contributed by atoms with Gasteiger partial charge in [0.1, 0.15) is 0 Å². The van der Waals surface area contributed by atoms with Gasteiger partial charge in [-0.15, -0.1) is 0 Å². The molecule has 1 aliphatic heterocycles. The van der Waals surface area contributed by atoms with Gasteiger partial charge in [-0.3, -0.25) is 4.79 Å². The highest BCUT2D eigenvalue weighted by Gasteiger charge is 2.21. The number of urea groups is 1. The zero-order chi connectivity index (χ0) is 23.8. The fourth-order valence-electron chi connectivity index (χ4n) is 3.47. The molecule has 2 aromatic carbocycles. The lowest BCUT2D eigenvalue weighted by Gasteiger charge is -2.22. The highest BCUT2D eigenvalue weighted by molar-refractivity contribution is 6.32. The molecule has 1 saturated heterocycles. The Morgan fingerprint density at radius 2 is 1.76 bits per heavy atom. The lowest BCUT2D eigenvalue weighted by Crippen LogP contribution is -2.39. The zero-order valence-electron chi connectivity index (χ0n) is 18.6. The summed E-state index contributed by atoms with van der Waals surface area (Å²) in [6, 6.07) is 10.2. The van der Waals surface area contributed by atoms with E-state index in [1.165, 1.54) is 6.08 Å². The maximum atomic E-state index is 12.8. The van der Waals surface area contributed by atoms with Gasteiger partial charge in [0, 0.05) is 43.0 Å². The standard InChI is InChI=1S/C24H27Cl2N3O4/c1-3-33-23-20(26)15-17(16-21(23)32-2)5-10-22(30)28-11-4-12-29(14-13-28)24(31)27-19-8-6-18(25)7-9-19/h5-10,15-16H,3-4,11-14H2,1-2H3,(H,27,31)/b10-5+. The maximum absolute atomic E-state index is 12.8. The molecule has 2 aromatic rings. The number of benzene rings is 2. The summed E-state index contributed by atoms with van der Waals surface area (Å²) < 4.78 is 10.9. The van der Waals surface area contributed by atoms with Crippen LogP contribution >= 0.6 is 23.2 Å². The molecule has 1 heterocycles. The summed E-state index contributed by atoms with van der Waals surface area (Å²) in [6.45, 7) is 4.37. The monoisotopic (exact) mass is 491 g/mol. The number of rotatable bonds is 6. The number of anilines is 1. The van der Waals surface area contributed by atoms with Crippen molar-refractivity contribution in [3.63, 3.8) is 0 Å². The quantitative estimate of drug-likeness (QED) is 0.565. The predicted molar refractivity (Wildman–Crippen MR) is 131 cm³/mol. The lowest BCUT2D eigenvalue weighted by atomic mass is 10.1. The fourth-order valence-corrected chi connectivity index (χ4v) is 3.87. The van der Waals surface area contributed by atoms with Crippen LogP contribution in [-0.4, -0.2) is 61.6 Å². The van der Waals surface area contributed by atoms with Gasteiger partial charge < -0.3 is 24.6 Å². The summed E-state index contributed by atoms with van der Waals surface area (Å²) in [5, 5.41) is 3.89. The van der Waals surface area contributed by atoms with Crippen LogP contribution in [0.25, 0.3) is 6.08 Å². The average molecular weight is 492 g/mol. The molecule has 0 aromatic heterocycles. The van der Waals surface area contributed by atoms with Crippen molar-refractivity contribution in [1.29, 1.82) is 0 Å². The first-order valence-corrected chi connectivity index (χ1v) is 11.5. The lowest BCUT2D eigenvalue weighted by molar-refractivity contribution is -0.125. The molecule has 0 spiro atoms. The summed E-state index contributed by atoms with van der Waals surface area (Å²) in [4.78, 5) is 28.8. The Morgan fingerprint density at radius 1 is 1.06 bits per heavy atom. The smallest absolute Gasteiger partial charge is 0.321 e. The first-order valence-electron chi connectivity index (χ1n) is 10.7. The van der Waals surface area contributed by atoms with Crippen LogP contribution in [0.1, 0.15) is 18.9 Å². The molecule has 0 saturated carbocycles. The number of hydrogen-bond donors (Lipinski definition) is 1. The van der Waals surface area contributed by atoms with E-state index >= 15 is 0 Å². The maximum Gasteiger partial charge on any atom is 0.321 e. The van der Waals surface area contributed by atoms with Crippen molar-refractivity contribution < 1.29 is 19.1 Å². The van der Waals surface area contributed by atoms with Gasteiger partial charge in [-0.1, -0.05) is 23.2 Å². The summed E-state index contributed by atoms with van der Waals surface area (Å²) in [5.41, 5.74) is 1.40. The molecule has 1 N–H and O–H groups in total. The molecule has 33 heavy (non-hydrogen) atoms. The summed E-state index contributed by atoms with van der Waals surface area (Å²) in [5.74, 6) is 0.863. The molecule has 3 amide bonds. The number of nitrogens with one attached hydrogen (secondary N) is 1. The van der Waals surface area contributed by atoms with E-state index in [1.807, 2.05) is 6.92 Å². The van der Waals surface area contributed by atoms with E-state index in [4.69, 9.17) is 32.7 Å². The van der Waals surface area contributed by atoms with E-state index in [9.17, 15) is 9.59 Å². The number of ether oxygens (including phenoxy) is 2. The summed E-state index contributed by atoms with van der Waals surface area (Å²) >= 11 is 12.2. The third-order valence-corrected chi connectivity index (χ3v) is 5.68. The van der Waals surface area contributed by atoms with Crippen molar-refractivity contribution in [3.05, 3.63) is 58.1 Å². The Hall–Kier alpha value is -2.90. The molecule has 3 rings (SSSR count). The van der Waals surface area contributed by atoms with Crippen molar-refractivity contribution in [1.82, 2.24) is 9.80 Å². The molecule has 0 radical (unpaired) electrons.